The van der Waals surface area contributed by atoms with Crippen LogP contribution in [0.2, 0.25) is 5.02 Å². The van der Waals surface area contributed by atoms with Crippen LogP contribution in [0.25, 0.3) is 0 Å². The molecule has 0 aliphatic heterocycles. The Hall–Kier alpha value is -1.71. The van der Waals surface area contributed by atoms with Gasteiger partial charge in [0.15, 0.2) is 11.5 Å². The number of ether oxygens (including phenoxy) is 3. The zero-order valence-electron chi connectivity index (χ0n) is 10.9. The van der Waals surface area contributed by atoms with Crippen LogP contribution < -0.4 is 14.2 Å². The Balaban J connectivity index is 2.69. The van der Waals surface area contributed by atoms with Crippen molar-refractivity contribution in [2.75, 3.05) is 21.3 Å². The Bertz CT molecular complexity index is 548. The van der Waals surface area contributed by atoms with E-state index in [9.17, 15) is 4.79 Å². The molecule has 1 saturated carbocycles. The van der Waals surface area contributed by atoms with Crippen LogP contribution >= 0.6 is 11.6 Å². The number of rotatable bonds is 5. The van der Waals surface area contributed by atoms with E-state index in [2.05, 4.69) is 4.99 Å². The number of hydrogen-bond acceptors (Lipinski definition) is 5. The van der Waals surface area contributed by atoms with Crippen molar-refractivity contribution in [3.05, 3.63) is 16.7 Å². The first-order valence-corrected chi connectivity index (χ1v) is 6.09. The molecule has 0 spiro atoms. The minimum atomic E-state index is -0.635. The molecular weight excluding hydrogens is 270 g/mol. The smallest absolute Gasteiger partial charge is 0.235 e. The van der Waals surface area contributed by atoms with Crippen molar-refractivity contribution < 1.29 is 19.0 Å². The van der Waals surface area contributed by atoms with Gasteiger partial charge in [0.2, 0.25) is 6.08 Å². The fourth-order valence-electron chi connectivity index (χ4n) is 2.15. The fraction of sp³-hybridized carbons (Fsp3) is 0.462. The second-order valence-corrected chi connectivity index (χ2v) is 4.62. The van der Waals surface area contributed by atoms with Gasteiger partial charge in [0.05, 0.1) is 26.4 Å². The third-order valence-electron chi connectivity index (χ3n) is 3.24. The molecule has 1 aliphatic carbocycles. The predicted molar refractivity (Wildman–Crippen MR) is 70.1 cm³/mol. The van der Waals surface area contributed by atoms with Crippen molar-refractivity contribution in [2.24, 2.45) is 4.99 Å². The van der Waals surface area contributed by atoms with Gasteiger partial charge in [0, 0.05) is 11.6 Å². The van der Waals surface area contributed by atoms with Gasteiger partial charge in [0.25, 0.3) is 0 Å². The van der Waals surface area contributed by atoms with E-state index in [4.69, 9.17) is 25.8 Å². The van der Waals surface area contributed by atoms with Gasteiger partial charge < -0.3 is 14.2 Å². The van der Waals surface area contributed by atoms with Gasteiger partial charge in [-0.25, -0.2) is 4.79 Å². The molecule has 0 bridgehead atoms. The topological polar surface area (TPSA) is 57.1 Å². The summed E-state index contributed by atoms with van der Waals surface area (Å²) in [4.78, 5) is 14.5. The van der Waals surface area contributed by atoms with E-state index in [-0.39, 0.29) is 0 Å². The molecule has 0 aromatic heterocycles. The molecule has 0 N–H and O–H groups in total. The SMILES string of the molecule is COc1cc(OC)c(C2(N=C=O)CC2)c(Cl)c1OC. The predicted octanol–water partition coefficient (Wildman–Crippen LogP) is 2.69. The minimum Gasteiger partial charge on any atom is -0.496 e. The summed E-state index contributed by atoms with van der Waals surface area (Å²) in [5.41, 5.74) is 0.0154. The number of isocyanates is 1. The van der Waals surface area contributed by atoms with Crippen LogP contribution in [-0.2, 0) is 10.3 Å². The maximum absolute atomic E-state index is 10.6. The summed E-state index contributed by atoms with van der Waals surface area (Å²) >= 11 is 6.36. The van der Waals surface area contributed by atoms with Crippen LogP contribution in [0.1, 0.15) is 18.4 Å². The second kappa shape index (κ2) is 5.11. The number of aliphatic imine (C=N–C) groups is 1. The highest BCUT2D eigenvalue weighted by molar-refractivity contribution is 6.33. The lowest BCUT2D eigenvalue weighted by atomic mass is 10.0. The van der Waals surface area contributed by atoms with Crippen LogP contribution in [0.5, 0.6) is 17.2 Å². The van der Waals surface area contributed by atoms with Crippen molar-refractivity contribution in [1.29, 1.82) is 0 Å². The molecule has 5 nitrogen and oxygen atoms in total. The molecule has 0 radical (unpaired) electrons. The highest BCUT2D eigenvalue weighted by Crippen LogP contribution is 2.58. The van der Waals surface area contributed by atoms with Crippen molar-refractivity contribution in [3.63, 3.8) is 0 Å². The molecule has 1 aromatic rings. The monoisotopic (exact) mass is 283 g/mol. The number of nitrogens with zero attached hydrogens (tertiary/aromatic N) is 1. The van der Waals surface area contributed by atoms with E-state index in [1.54, 1.807) is 12.1 Å². The molecule has 19 heavy (non-hydrogen) atoms. The average molecular weight is 284 g/mol. The molecule has 0 saturated heterocycles. The zero-order valence-corrected chi connectivity index (χ0v) is 11.7. The molecule has 1 fully saturated rings. The van der Waals surface area contributed by atoms with Gasteiger partial charge in [-0.1, -0.05) is 11.6 Å². The standard InChI is InChI=1S/C13H14ClNO4/c1-17-8-6-9(18-2)12(19-3)11(14)10(8)13(4-5-13)15-7-16/h6H,4-5H2,1-3H3. The lowest BCUT2D eigenvalue weighted by Gasteiger charge is -2.19. The second-order valence-electron chi connectivity index (χ2n) is 4.24. The van der Waals surface area contributed by atoms with Crippen LogP contribution in [0, 0.1) is 0 Å². The molecule has 2 rings (SSSR count). The largest absolute Gasteiger partial charge is 0.496 e. The Morgan fingerprint density at radius 1 is 1.21 bits per heavy atom. The maximum Gasteiger partial charge on any atom is 0.235 e. The van der Waals surface area contributed by atoms with Crippen molar-refractivity contribution in [2.45, 2.75) is 18.4 Å². The summed E-state index contributed by atoms with van der Waals surface area (Å²) in [6.45, 7) is 0. The average Bonchev–Trinajstić information content (AvgIpc) is 3.18. The summed E-state index contributed by atoms with van der Waals surface area (Å²) in [6, 6.07) is 1.68. The molecule has 102 valence electrons. The van der Waals surface area contributed by atoms with E-state index in [1.807, 2.05) is 0 Å². The molecule has 0 unspecified atom stereocenters. The first-order valence-electron chi connectivity index (χ1n) is 5.71. The van der Waals surface area contributed by atoms with E-state index < -0.39 is 5.54 Å². The number of methoxy groups -OCH3 is 3. The third-order valence-corrected chi connectivity index (χ3v) is 3.60. The fourth-order valence-corrected chi connectivity index (χ4v) is 2.59. The zero-order chi connectivity index (χ0) is 14.0. The Morgan fingerprint density at radius 3 is 2.26 bits per heavy atom. The number of benzene rings is 1. The number of hydrogen-bond donors (Lipinski definition) is 0. The lowest BCUT2D eigenvalue weighted by molar-refractivity contribution is 0.346. The maximum atomic E-state index is 10.6. The van der Waals surface area contributed by atoms with Gasteiger partial charge in [-0.3, -0.25) is 0 Å². The molecule has 1 aliphatic rings. The molecule has 1 aromatic carbocycles. The van der Waals surface area contributed by atoms with E-state index in [0.717, 1.165) is 12.8 Å². The Labute approximate surface area is 116 Å². The summed E-state index contributed by atoms with van der Waals surface area (Å²) in [7, 11) is 4.55. The lowest BCUT2D eigenvalue weighted by Crippen LogP contribution is -2.08. The first kappa shape index (κ1) is 13.7. The van der Waals surface area contributed by atoms with Gasteiger partial charge >= 0.3 is 0 Å². The van der Waals surface area contributed by atoms with E-state index in [0.29, 0.717) is 27.8 Å². The third kappa shape index (κ3) is 2.15. The summed E-state index contributed by atoms with van der Waals surface area (Å²) in [5.74, 6) is 1.41. The van der Waals surface area contributed by atoms with Gasteiger partial charge in [-0.2, -0.15) is 4.99 Å². The number of halogens is 1. The highest BCUT2D eigenvalue weighted by Gasteiger charge is 2.49. The Kier molecular flexibility index (Phi) is 3.69. The molecule has 6 heteroatoms. The van der Waals surface area contributed by atoms with Gasteiger partial charge in [-0.15, -0.1) is 0 Å². The van der Waals surface area contributed by atoms with Crippen molar-refractivity contribution in [1.82, 2.24) is 0 Å². The van der Waals surface area contributed by atoms with E-state index >= 15 is 0 Å². The molecular formula is C13H14ClNO4. The molecule has 0 amide bonds. The van der Waals surface area contributed by atoms with Gasteiger partial charge in [-0.05, 0) is 12.8 Å². The Morgan fingerprint density at radius 2 is 1.84 bits per heavy atom. The summed E-state index contributed by atoms with van der Waals surface area (Å²) in [5, 5.41) is 0.357. The highest BCUT2D eigenvalue weighted by atomic mass is 35.5. The van der Waals surface area contributed by atoms with Crippen LogP contribution in [0.15, 0.2) is 11.1 Å². The molecule has 0 atom stereocenters. The van der Waals surface area contributed by atoms with Crippen LogP contribution in [0.3, 0.4) is 0 Å². The summed E-state index contributed by atoms with van der Waals surface area (Å²) < 4.78 is 15.8. The van der Waals surface area contributed by atoms with Gasteiger partial charge in [0.1, 0.15) is 11.3 Å². The number of carbonyl (C=O) groups excluding carboxylic acids is 1. The normalized spacial score (nSPS) is 15.4. The van der Waals surface area contributed by atoms with Crippen molar-refractivity contribution >= 4 is 17.7 Å². The van der Waals surface area contributed by atoms with Crippen LogP contribution in [-0.4, -0.2) is 27.4 Å². The van der Waals surface area contributed by atoms with Crippen molar-refractivity contribution in [3.8, 4) is 17.2 Å². The minimum absolute atomic E-state index is 0.357. The summed E-state index contributed by atoms with van der Waals surface area (Å²) in [6.07, 6.45) is 3.06. The quantitative estimate of drug-likeness (QED) is 0.616. The van der Waals surface area contributed by atoms with Crippen LogP contribution in [0.4, 0.5) is 0 Å². The van der Waals surface area contributed by atoms with E-state index in [1.165, 1.54) is 21.3 Å². The molecule has 0 heterocycles. The first-order chi connectivity index (χ1) is 9.13.